The van der Waals surface area contributed by atoms with Gasteiger partial charge in [0.1, 0.15) is 6.17 Å². The monoisotopic (exact) mass is 309 g/mol. The molecule has 0 radical (unpaired) electrons. The first kappa shape index (κ1) is 16.6. The predicted molar refractivity (Wildman–Crippen MR) is 83.5 cm³/mol. The third-order valence-electron chi connectivity index (χ3n) is 5.13. The Balaban J connectivity index is 2.28. The van der Waals surface area contributed by atoms with Gasteiger partial charge in [-0.05, 0) is 39.0 Å². The summed E-state index contributed by atoms with van der Waals surface area (Å²) in [6, 6.07) is -0.502. The Kier molecular flexibility index (Phi) is 4.68. The molecule has 22 heavy (non-hydrogen) atoms. The van der Waals surface area contributed by atoms with Crippen molar-refractivity contribution in [2.75, 3.05) is 13.6 Å². The van der Waals surface area contributed by atoms with Gasteiger partial charge >= 0.3 is 0 Å². The van der Waals surface area contributed by atoms with Crippen molar-refractivity contribution in [1.82, 2.24) is 10.2 Å². The summed E-state index contributed by atoms with van der Waals surface area (Å²) in [5.74, 6) is -0.551. The molecule has 1 saturated carbocycles. The van der Waals surface area contributed by atoms with Crippen LogP contribution in [0.25, 0.3) is 0 Å². The van der Waals surface area contributed by atoms with Crippen LogP contribution in [0.3, 0.4) is 0 Å². The predicted octanol–water partition coefficient (Wildman–Crippen LogP) is 1.49. The van der Waals surface area contributed by atoms with Crippen LogP contribution in [0, 0.1) is 5.92 Å². The van der Waals surface area contributed by atoms with E-state index in [0.717, 1.165) is 6.42 Å². The lowest BCUT2D eigenvalue weighted by Crippen LogP contribution is -2.57. The molecule has 1 N–H and O–H groups in total. The van der Waals surface area contributed by atoms with E-state index in [1.54, 1.807) is 11.9 Å². The molecule has 0 bridgehead atoms. The number of nitrogens with one attached hydrogen (secondary N) is 1. The van der Waals surface area contributed by atoms with E-state index in [-0.39, 0.29) is 24.2 Å². The second kappa shape index (κ2) is 6.18. The van der Waals surface area contributed by atoms with E-state index < -0.39 is 17.8 Å². The summed E-state index contributed by atoms with van der Waals surface area (Å²) in [6.07, 6.45) is 1.97. The van der Waals surface area contributed by atoms with E-state index in [9.17, 15) is 14.0 Å². The van der Waals surface area contributed by atoms with E-state index in [4.69, 9.17) is 0 Å². The maximum absolute atomic E-state index is 14.0. The maximum atomic E-state index is 14.0. The summed E-state index contributed by atoms with van der Waals surface area (Å²) in [7, 11) is 1.68. The van der Waals surface area contributed by atoms with Crippen molar-refractivity contribution in [1.29, 1.82) is 0 Å². The molecule has 0 aromatic heterocycles. The van der Waals surface area contributed by atoms with Gasteiger partial charge in [-0.25, -0.2) is 4.39 Å². The Morgan fingerprint density at radius 1 is 1.64 bits per heavy atom. The zero-order valence-corrected chi connectivity index (χ0v) is 13.4. The molecule has 0 saturated heterocycles. The first-order valence-corrected chi connectivity index (χ1v) is 7.72. The van der Waals surface area contributed by atoms with E-state index in [0.29, 0.717) is 18.5 Å². The number of halogens is 1. The van der Waals surface area contributed by atoms with Crippen molar-refractivity contribution in [3.63, 3.8) is 0 Å². The first-order valence-electron chi connectivity index (χ1n) is 7.72. The lowest BCUT2D eigenvalue weighted by atomic mass is 9.65. The van der Waals surface area contributed by atoms with Crippen molar-refractivity contribution in [3.05, 3.63) is 11.6 Å². The lowest BCUT2D eigenvalue weighted by molar-refractivity contribution is -0.130. The molecular formula is C16H24FN3O2. The number of nitrogens with zero attached hydrogens (tertiary/aromatic N) is 2. The number of amides is 2. The zero-order chi connectivity index (χ0) is 16.5. The molecule has 1 heterocycles. The third-order valence-corrected chi connectivity index (χ3v) is 5.13. The Bertz CT molecular complexity index is 520. The molecule has 122 valence electrons. The fourth-order valence-electron chi connectivity index (χ4n) is 3.51. The van der Waals surface area contributed by atoms with Crippen molar-refractivity contribution in [3.8, 4) is 0 Å². The topological polar surface area (TPSA) is 61.8 Å². The highest BCUT2D eigenvalue weighted by molar-refractivity contribution is 5.93. The van der Waals surface area contributed by atoms with Gasteiger partial charge in [-0.15, -0.1) is 0 Å². The highest BCUT2D eigenvalue weighted by atomic mass is 19.1. The van der Waals surface area contributed by atoms with Crippen molar-refractivity contribution in [2.24, 2.45) is 10.9 Å². The van der Waals surface area contributed by atoms with Gasteiger partial charge in [-0.3, -0.25) is 14.6 Å². The molecule has 1 aliphatic heterocycles. The normalized spacial score (nSPS) is 32.3. The van der Waals surface area contributed by atoms with Crippen LogP contribution in [-0.4, -0.2) is 54.8 Å². The second-order valence-corrected chi connectivity index (χ2v) is 6.20. The van der Waals surface area contributed by atoms with E-state index in [2.05, 4.69) is 17.0 Å². The van der Waals surface area contributed by atoms with Crippen molar-refractivity contribution >= 4 is 18.5 Å². The van der Waals surface area contributed by atoms with Gasteiger partial charge in [-0.1, -0.05) is 0 Å². The number of hydrogen-bond donors (Lipinski definition) is 1. The van der Waals surface area contributed by atoms with Crippen molar-refractivity contribution < 1.29 is 14.0 Å². The highest BCUT2D eigenvalue weighted by Gasteiger charge is 2.55. The van der Waals surface area contributed by atoms with Gasteiger partial charge in [0.15, 0.2) is 0 Å². The molecule has 0 spiro atoms. The molecule has 0 aromatic carbocycles. The van der Waals surface area contributed by atoms with Gasteiger partial charge < -0.3 is 10.2 Å². The van der Waals surface area contributed by atoms with Crippen LogP contribution < -0.4 is 5.32 Å². The summed E-state index contributed by atoms with van der Waals surface area (Å²) in [5, 5.41) is 2.72. The van der Waals surface area contributed by atoms with E-state index >= 15 is 0 Å². The molecule has 6 heteroatoms. The van der Waals surface area contributed by atoms with Crippen LogP contribution in [0.1, 0.15) is 33.1 Å². The molecule has 2 rings (SSSR count). The Hall–Kier alpha value is -1.72. The Morgan fingerprint density at radius 3 is 2.77 bits per heavy atom. The summed E-state index contributed by atoms with van der Waals surface area (Å²) in [4.78, 5) is 29.6. The number of aliphatic imine (C=N–C) groups is 1. The molecule has 1 unspecified atom stereocenters. The van der Waals surface area contributed by atoms with Gasteiger partial charge in [0, 0.05) is 25.6 Å². The number of carbonyl (C=O) groups is 2. The van der Waals surface area contributed by atoms with Crippen LogP contribution >= 0.6 is 0 Å². The largest absolute Gasteiger partial charge is 0.356 e. The van der Waals surface area contributed by atoms with Crippen LogP contribution in [0.15, 0.2) is 16.6 Å². The minimum atomic E-state index is -0.920. The zero-order valence-electron chi connectivity index (χ0n) is 13.4. The van der Waals surface area contributed by atoms with E-state index in [1.165, 1.54) is 6.08 Å². The highest BCUT2D eigenvalue weighted by Crippen LogP contribution is 2.49. The van der Waals surface area contributed by atoms with Crippen LogP contribution in [0.5, 0.6) is 0 Å². The van der Waals surface area contributed by atoms with Gasteiger partial charge in [-0.2, -0.15) is 0 Å². The summed E-state index contributed by atoms with van der Waals surface area (Å²) in [6.45, 7) is 7.81. The Morgan fingerprint density at radius 2 is 2.32 bits per heavy atom. The van der Waals surface area contributed by atoms with Crippen molar-refractivity contribution in [2.45, 2.75) is 50.9 Å². The van der Waals surface area contributed by atoms with Crippen LogP contribution in [-0.2, 0) is 9.59 Å². The number of hydrogen-bond acceptors (Lipinski definition) is 3. The summed E-state index contributed by atoms with van der Waals surface area (Å²) >= 11 is 0. The molecule has 0 aromatic rings. The fraction of sp³-hybridized carbons (Fsp3) is 0.688. The van der Waals surface area contributed by atoms with Gasteiger partial charge in [0.2, 0.25) is 11.8 Å². The molecule has 4 atom stereocenters. The SMILES string of the molecule is C=N[C@@H](CC(=O)NCC)C1=CC(=O)N(C)C1(C)[C@@H]1CC[C@H]1F. The first-order chi connectivity index (χ1) is 10.4. The average Bonchev–Trinajstić information content (AvgIpc) is 2.68. The molecule has 2 amide bonds. The fourth-order valence-corrected chi connectivity index (χ4v) is 3.51. The summed E-state index contributed by atoms with van der Waals surface area (Å²) < 4.78 is 14.0. The second-order valence-electron chi connectivity index (χ2n) is 6.20. The number of likely N-dealkylation sites (N-methyl/N-ethyl adjacent to an activating group) is 1. The van der Waals surface area contributed by atoms with Crippen LogP contribution in [0.2, 0.25) is 0 Å². The standard InChI is InChI=1S/C16H24FN3O2/c1-5-19-14(21)9-13(18-3)11-8-15(22)20(4)16(11,2)10-6-7-12(10)17/h8,10,12-13H,3,5-7,9H2,1-2,4H3,(H,19,21)/t10-,12-,13+,16?/m1/s1. The number of carbonyl (C=O) groups excluding carboxylic acids is 2. The molecule has 2 aliphatic rings. The minimum Gasteiger partial charge on any atom is -0.356 e. The lowest BCUT2D eigenvalue weighted by Gasteiger charge is -2.49. The quantitative estimate of drug-likeness (QED) is 0.756. The maximum Gasteiger partial charge on any atom is 0.247 e. The smallest absolute Gasteiger partial charge is 0.247 e. The average molecular weight is 309 g/mol. The minimum absolute atomic E-state index is 0.129. The molecule has 1 fully saturated rings. The third kappa shape index (κ3) is 2.55. The number of rotatable bonds is 6. The van der Waals surface area contributed by atoms with E-state index in [1.807, 2.05) is 13.8 Å². The molecule has 5 nitrogen and oxygen atoms in total. The Labute approximate surface area is 130 Å². The number of alkyl halides is 1. The van der Waals surface area contributed by atoms with Gasteiger partial charge in [0.05, 0.1) is 18.0 Å². The van der Waals surface area contributed by atoms with Crippen LogP contribution in [0.4, 0.5) is 4.39 Å². The van der Waals surface area contributed by atoms with Gasteiger partial charge in [0.25, 0.3) is 0 Å². The molecule has 1 aliphatic carbocycles. The molecular weight excluding hydrogens is 285 g/mol. The summed E-state index contributed by atoms with van der Waals surface area (Å²) in [5.41, 5.74) is -0.0267.